The Balaban J connectivity index is 2.12. The van der Waals surface area contributed by atoms with Crippen LogP contribution in [0.25, 0.3) is 11.0 Å². The first-order valence-electron chi connectivity index (χ1n) is 7.26. The van der Waals surface area contributed by atoms with Gasteiger partial charge in [0.2, 0.25) is 0 Å². The third-order valence-electron chi connectivity index (χ3n) is 3.66. The van der Waals surface area contributed by atoms with E-state index in [0.717, 1.165) is 0 Å². The van der Waals surface area contributed by atoms with Crippen molar-refractivity contribution in [1.82, 2.24) is 19.3 Å². The van der Waals surface area contributed by atoms with Crippen LogP contribution in [0.1, 0.15) is 26.3 Å². The van der Waals surface area contributed by atoms with Crippen LogP contribution in [0.5, 0.6) is 0 Å². The fourth-order valence-corrected chi connectivity index (χ4v) is 3.10. The van der Waals surface area contributed by atoms with E-state index in [2.05, 4.69) is 10.1 Å². The van der Waals surface area contributed by atoms with E-state index in [4.69, 9.17) is 34.8 Å². The van der Waals surface area contributed by atoms with Gasteiger partial charge in [-0.05, 0) is 32.9 Å². The van der Waals surface area contributed by atoms with Crippen LogP contribution in [0.2, 0.25) is 15.1 Å². The van der Waals surface area contributed by atoms with Gasteiger partial charge < -0.3 is 0 Å². The maximum absolute atomic E-state index is 12.7. The standard InChI is InChI=1S/C16H15Cl3N4O/c1-16(2,3)23-14-9(6-21-23)15(24)22(8-20-14)7-10-11(17)4-5-12(18)13(10)19/h4-6,8H,7H2,1-3H3. The lowest BCUT2D eigenvalue weighted by Gasteiger charge is -2.19. The molecule has 5 nitrogen and oxygen atoms in total. The summed E-state index contributed by atoms with van der Waals surface area (Å²) in [5.41, 5.74) is 0.652. The number of hydrogen-bond donors (Lipinski definition) is 0. The van der Waals surface area contributed by atoms with Gasteiger partial charge in [0.05, 0.1) is 28.3 Å². The molecule has 0 atom stereocenters. The van der Waals surface area contributed by atoms with Gasteiger partial charge in [-0.15, -0.1) is 0 Å². The van der Waals surface area contributed by atoms with Crippen LogP contribution in [0.3, 0.4) is 0 Å². The van der Waals surface area contributed by atoms with Gasteiger partial charge in [0.1, 0.15) is 11.7 Å². The molecule has 1 aromatic carbocycles. The van der Waals surface area contributed by atoms with Crippen LogP contribution >= 0.6 is 34.8 Å². The third-order valence-corrected chi connectivity index (χ3v) is 4.85. The van der Waals surface area contributed by atoms with Gasteiger partial charge in [-0.1, -0.05) is 34.8 Å². The minimum atomic E-state index is -0.271. The smallest absolute Gasteiger partial charge is 0.264 e. The first-order chi connectivity index (χ1) is 11.2. The number of halogens is 3. The number of hydrogen-bond acceptors (Lipinski definition) is 3. The van der Waals surface area contributed by atoms with Crippen LogP contribution in [-0.4, -0.2) is 19.3 Å². The fraction of sp³-hybridized carbons (Fsp3) is 0.312. The summed E-state index contributed by atoms with van der Waals surface area (Å²) in [5, 5.41) is 5.91. The number of rotatable bonds is 2. The number of aromatic nitrogens is 4. The van der Waals surface area contributed by atoms with Gasteiger partial charge in [0.25, 0.3) is 5.56 Å². The van der Waals surface area contributed by atoms with Crippen molar-refractivity contribution in [3.63, 3.8) is 0 Å². The molecule has 0 aliphatic rings. The van der Waals surface area contributed by atoms with E-state index in [0.29, 0.717) is 31.7 Å². The van der Waals surface area contributed by atoms with E-state index in [1.807, 2.05) is 20.8 Å². The Morgan fingerprint density at radius 1 is 1.12 bits per heavy atom. The van der Waals surface area contributed by atoms with E-state index in [1.54, 1.807) is 16.8 Å². The molecule has 0 aliphatic carbocycles. The second-order valence-corrected chi connectivity index (χ2v) is 7.66. The van der Waals surface area contributed by atoms with E-state index in [9.17, 15) is 4.79 Å². The Kier molecular flexibility index (Phi) is 4.36. The Morgan fingerprint density at radius 3 is 2.46 bits per heavy atom. The highest BCUT2D eigenvalue weighted by atomic mass is 35.5. The van der Waals surface area contributed by atoms with E-state index < -0.39 is 0 Å². The first kappa shape index (κ1) is 17.3. The van der Waals surface area contributed by atoms with Crippen molar-refractivity contribution in [1.29, 1.82) is 0 Å². The molecule has 0 saturated carbocycles. The quantitative estimate of drug-likeness (QED) is 0.616. The molecule has 3 aromatic rings. The molecular formula is C16H15Cl3N4O. The second-order valence-electron chi connectivity index (χ2n) is 6.46. The molecular weight excluding hydrogens is 371 g/mol. The summed E-state index contributed by atoms with van der Waals surface area (Å²) >= 11 is 18.4. The summed E-state index contributed by atoms with van der Waals surface area (Å²) in [6, 6.07) is 3.27. The lowest BCUT2D eigenvalue weighted by atomic mass is 10.1. The van der Waals surface area contributed by atoms with Crippen LogP contribution in [0.4, 0.5) is 0 Å². The number of benzene rings is 1. The summed E-state index contributed by atoms with van der Waals surface area (Å²) in [6.07, 6.45) is 3.01. The summed E-state index contributed by atoms with van der Waals surface area (Å²) in [6.45, 7) is 6.18. The fourth-order valence-electron chi connectivity index (χ4n) is 2.44. The van der Waals surface area contributed by atoms with E-state index in [-0.39, 0.29) is 17.6 Å². The van der Waals surface area contributed by atoms with Gasteiger partial charge >= 0.3 is 0 Å². The minimum Gasteiger partial charge on any atom is -0.294 e. The predicted octanol–water partition coefficient (Wildman–Crippen LogP) is 4.36. The Morgan fingerprint density at radius 2 is 1.79 bits per heavy atom. The SMILES string of the molecule is CC(C)(C)n1ncc2c(=O)n(Cc3c(Cl)ccc(Cl)c3Cl)cnc21. The molecule has 0 amide bonds. The van der Waals surface area contributed by atoms with Gasteiger partial charge in [0, 0.05) is 10.6 Å². The highest BCUT2D eigenvalue weighted by molar-refractivity contribution is 6.44. The van der Waals surface area contributed by atoms with Crippen molar-refractivity contribution in [3.05, 3.63) is 55.6 Å². The van der Waals surface area contributed by atoms with Crippen LogP contribution < -0.4 is 5.56 Å². The summed E-state index contributed by atoms with van der Waals surface area (Å²) in [4.78, 5) is 17.1. The molecule has 0 aliphatic heterocycles. The van der Waals surface area contributed by atoms with Gasteiger partial charge in [0.15, 0.2) is 5.65 Å². The van der Waals surface area contributed by atoms with Crippen molar-refractivity contribution in [2.24, 2.45) is 0 Å². The predicted molar refractivity (Wildman–Crippen MR) is 97.4 cm³/mol. The largest absolute Gasteiger partial charge is 0.294 e. The van der Waals surface area contributed by atoms with E-state index >= 15 is 0 Å². The first-order valence-corrected chi connectivity index (χ1v) is 8.39. The Hall–Kier alpha value is -1.56. The van der Waals surface area contributed by atoms with Crippen molar-refractivity contribution >= 4 is 45.8 Å². The maximum Gasteiger partial charge on any atom is 0.264 e. The second kappa shape index (κ2) is 6.06. The molecule has 0 saturated heterocycles. The van der Waals surface area contributed by atoms with E-state index in [1.165, 1.54) is 17.1 Å². The molecule has 0 fully saturated rings. The van der Waals surface area contributed by atoms with Crippen LogP contribution in [-0.2, 0) is 12.1 Å². The summed E-state index contributed by atoms with van der Waals surface area (Å²) in [7, 11) is 0. The van der Waals surface area contributed by atoms with Gasteiger partial charge in [-0.3, -0.25) is 9.36 Å². The molecule has 2 aromatic heterocycles. The highest BCUT2D eigenvalue weighted by Gasteiger charge is 2.20. The zero-order valence-corrected chi connectivity index (χ0v) is 15.6. The van der Waals surface area contributed by atoms with Crippen LogP contribution in [0, 0.1) is 0 Å². The normalized spacial score (nSPS) is 12.1. The van der Waals surface area contributed by atoms with Crippen molar-refractivity contribution in [2.45, 2.75) is 32.9 Å². The molecule has 2 heterocycles. The van der Waals surface area contributed by atoms with Crippen LogP contribution in [0.15, 0.2) is 29.5 Å². The molecule has 0 N–H and O–H groups in total. The monoisotopic (exact) mass is 384 g/mol. The highest BCUT2D eigenvalue weighted by Crippen LogP contribution is 2.31. The van der Waals surface area contributed by atoms with Crippen molar-refractivity contribution in [2.75, 3.05) is 0 Å². The van der Waals surface area contributed by atoms with Gasteiger partial charge in [-0.2, -0.15) is 5.10 Å². The van der Waals surface area contributed by atoms with Crippen molar-refractivity contribution < 1.29 is 0 Å². The molecule has 0 spiro atoms. The molecule has 0 unspecified atom stereocenters. The number of fused-ring (bicyclic) bond motifs is 1. The molecule has 126 valence electrons. The molecule has 24 heavy (non-hydrogen) atoms. The lowest BCUT2D eigenvalue weighted by molar-refractivity contribution is 0.365. The molecule has 3 rings (SSSR count). The van der Waals surface area contributed by atoms with Gasteiger partial charge in [-0.25, -0.2) is 9.67 Å². The summed E-state index contributed by atoms with van der Waals surface area (Å²) in [5.74, 6) is 0. The molecule has 0 bridgehead atoms. The third kappa shape index (κ3) is 2.92. The zero-order chi connectivity index (χ0) is 17.6. The summed E-state index contributed by atoms with van der Waals surface area (Å²) < 4.78 is 3.17. The zero-order valence-electron chi connectivity index (χ0n) is 13.3. The lowest BCUT2D eigenvalue weighted by Crippen LogP contribution is -2.25. The molecule has 8 heteroatoms. The topological polar surface area (TPSA) is 52.7 Å². The molecule has 0 radical (unpaired) electrons. The Labute approximate surface area is 153 Å². The number of nitrogens with zero attached hydrogens (tertiary/aromatic N) is 4. The minimum absolute atomic E-state index is 0.181. The average Bonchev–Trinajstić information content (AvgIpc) is 2.94. The maximum atomic E-state index is 12.7. The Bertz CT molecular complexity index is 985. The average molecular weight is 386 g/mol. The van der Waals surface area contributed by atoms with Crippen molar-refractivity contribution in [3.8, 4) is 0 Å².